The third-order valence-electron chi connectivity index (χ3n) is 4.67. The summed E-state index contributed by atoms with van der Waals surface area (Å²) in [7, 11) is 0. The van der Waals surface area contributed by atoms with Crippen LogP contribution >= 0.6 is 27.5 Å². The van der Waals surface area contributed by atoms with Gasteiger partial charge < -0.3 is 5.32 Å². The highest BCUT2D eigenvalue weighted by atomic mass is 79.9. The number of anilines is 1. The molecule has 1 N–H and O–H groups in total. The van der Waals surface area contributed by atoms with E-state index in [1.165, 1.54) is 32.1 Å². The zero-order chi connectivity index (χ0) is 17.2. The molecular formula is C19H18BrClN4. The third-order valence-corrected chi connectivity index (χ3v) is 5.59. The summed E-state index contributed by atoms with van der Waals surface area (Å²) in [6, 6.07) is 6.44. The fraction of sp³-hybridized carbons (Fsp3) is 0.316. The minimum absolute atomic E-state index is 0.486. The zero-order valence-electron chi connectivity index (χ0n) is 13.7. The fourth-order valence-electron chi connectivity index (χ4n) is 3.36. The molecule has 0 spiro atoms. The maximum absolute atomic E-state index is 6.37. The highest BCUT2D eigenvalue weighted by molar-refractivity contribution is 9.10. The summed E-state index contributed by atoms with van der Waals surface area (Å²) in [6.07, 6.45) is 11.7. The zero-order valence-corrected chi connectivity index (χ0v) is 16.0. The number of nitrogens with zero attached hydrogens (tertiary/aromatic N) is 3. The second-order valence-electron chi connectivity index (χ2n) is 6.42. The molecule has 6 heteroatoms. The van der Waals surface area contributed by atoms with Crippen molar-refractivity contribution < 1.29 is 0 Å². The first kappa shape index (κ1) is 16.7. The van der Waals surface area contributed by atoms with Gasteiger partial charge in [-0.1, -0.05) is 30.9 Å². The van der Waals surface area contributed by atoms with Crippen LogP contribution < -0.4 is 5.32 Å². The first-order valence-electron chi connectivity index (χ1n) is 8.53. The van der Waals surface area contributed by atoms with Gasteiger partial charge in [-0.15, -0.1) is 0 Å². The molecule has 128 valence electrons. The lowest BCUT2D eigenvalue weighted by molar-refractivity contribution is 0.462. The molecule has 25 heavy (non-hydrogen) atoms. The van der Waals surface area contributed by atoms with Crippen LogP contribution in [-0.4, -0.2) is 21.0 Å². The molecule has 0 bridgehead atoms. The van der Waals surface area contributed by atoms with Gasteiger partial charge in [0.1, 0.15) is 11.0 Å². The molecule has 1 fully saturated rings. The van der Waals surface area contributed by atoms with E-state index in [2.05, 4.69) is 36.2 Å². The summed E-state index contributed by atoms with van der Waals surface area (Å²) < 4.78 is 0.897. The third kappa shape index (κ3) is 3.62. The average molecular weight is 418 g/mol. The van der Waals surface area contributed by atoms with E-state index in [9.17, 15) is 0 Å². The molecule has 4 nitrogen and oxygen atoms in total. The minimum atomic E-state index is 0.486. The number of hydrogen-bond donors (Lipinski definition) is 1. The number of rotatable bonds is 3. The summed E-state index contributed by atoms with van der Waals surface area (Å²) in [5, 5.41) is 5.93. The Morgan fingerprint density at radius 2 is 1.96 bits per heavy atom. The van der Waals surface area contributed by atoms with Crippen molar-refractivity contribution in [3.8, 4) is 11.3 Å². The van der Waals surface area contributed by atoms with E-state index in [0.717, 1.165) is 32.3 Å². The number of halogens is 2. The summed E-state index contributed by atoms with van der Waals surface area (Å²) in [4.78, 5) is 13.3. The van der Waals surface area contributed by atoms with E-state index in [1.54, 1.807) is 6.20 Å². The van der Waals surface area contributed by atoms with E-state index >= 15 is 0 Å². The van der Waals surface area contributed by atoms with Crippen molar-refractivity contribution in [1.82, 2.24) is 15.0 Å². The number of hydrogen-bond acceptors (Lipinski definition) is 4. The average Bonchev–Trinajstić information content (AvgIpc) is 2.64. The van der Waals surface area contributed by atoms with Crippen molar-refractivity contribution in [2.75, 3.05) is 5.32 Å². The van der Waals surface area contributed by atoms with Crippen LogP contribution in [0.1, 0.15) is 32.1 Å². The molecule has 1 aliphatic carbocycles. The van der Waals surface area contributed by atoms with Crippen molar-refractivity contribution in [3.63, 3.8) is 0 Å². The number of nitrogens with one attached hydrogen (secondary N) is 1. The smallest absolute Gasteiger partial charge is 0.137 e. The van der Waals surface area contributed by atoms with Gasteiger partial charge in [-0.2, -0.15) is 0 Å². The lowest BCUT2D eigenvalue weighted by Gasteiger charge is -2.23. The molecule has 1 aliphatic rings. The highest BCUT2D eigenvalue weighted by Crippen LogP contribution is 2.33. The Balaban J connectivity index is 1.70. The Bertz CT molecular complexity index is 909. The van der Waals surface area contributed by atoms with E-state index in [0.29, 0.717) is 11.2 Å². The summed E-state index contributed by atoms with van der Waals surface area (Å²) >= 11 is 9.97. The quantitative estimate of drug-likeness (QED) is 0.543. The molecule has 0 aromatic carbocycles. The van der Waals surface area contributed by atoms with E-state index in [1.807, 2.05) is 30.6 Å². The maximum atomic E-state index is 6.37. The fourth-order valence-corrected chi connectivity index (χ4v) is 4.05. The van der Waals surface area contributed by atoms with Crippen molar-refractivity contribution in [2.45, 2.75) is 38.1 Å². The van der Waals surface area contributed by atoms with Crippen LogP contribution in [0.2, 0.25) is 5.15 Å². The maximum Gasteiger partial charge on any atom is 0.137 e. The predicted molar refractivity (Wildman–Crippen MR) is 106 cm³/mol. The Labute approximate surface area is 160 Å². The molecule has 3 aromatic heterocycles. The summed E-state index contributed by atoms with van der Waals surface area (Å²) in [5.74, 6) is 0.884. The van der Waals surface area contributed by atoms with Crippen LogP contribution in [0.15, 0.2) is 41.3 Å². The van der Waals surface area contributed by atoms with Gasteiger partial charge in [-0.3, -0.25) is 4.98 Å². The van der Waals surface area contributed by atoms with Crippen LogP contribution in [-0.2, 0) is 0 Å². The monoisotopic (exact) mass is 416 g/mol. The Kier molecular flexibility index (Phi) is 4.86. The minimum Gasteiger partial charge on any atom is -0.367 e. The number of fused-ring (bicyclic) bond motifs is 1. The molecule has 0 unspecified atom stereocenters. The van der Waals surface area contributed by atoms with Crippen molar-refractivity contribution >= 4 is 44.1 Å². The van der Waals surface area contributed by atoms with Crippen molar-refractivity contribution in [1.29, 1.82) is 0 Å². The highest BCUT2D eigenvalue weighted by Gasteiger charge is 2.15. The Hall–Kier alpha value is -1.72. The van der Waals surface area contributed by atoms with Gasteiger partial charge in [0.25, 0.3) is 0 Å². The van der Waals surface area contributed by atoms with E-state index < -0.39 is 0 Å². The van der Waals surface area contributed by atoms with Gasteiger partial charge in [0.2, 0.25) is 0 Å². The van der Waals surface area contributed by atoms with Crippen LogP contribution in [0.4, 0.5) is 5.82 Å². The first-order valence-corrected chi connectivity index (χ1v) is 9.70. The van der Waals surface area contributed by atoms with Gasteiger partial charge >= 0.3 is 0 Å². The molecule has 1 saturated carbocycles. The van der Waals surface area contributed by atoms with E-state index in [4.69, 9.17) is 11.6 Å². The summed E-state index contributed by atoms with van der Waals surface area (Å²) in [6.45, 7) is 0. The van der Waals surface area contributed by atoms with Gasteiger partial charge in [-0.05, 0) is 47.0 Å². The number of aromatic nitrogens is 3. The van der Waals surface area contributed by atoms with E-state index in [-0.39, 0.29) is 0 Å². The standard InChI is InChI=1S/C19H18BrClN4/c20-16-11-23-18(24-13-4-2-1-3-5-13)9-15(16)17-8-12-10-22-7-6-14(12)19(21)25-17/h6-11,13H,1-5H2,(H,23,24). The second-order valence-corrected chi connectivity index (χ2v) is 7.64. The van der Waals surface area contributed by atoms with Gasteiger partial charge in [0.15, 0.2) is 0 Å². The van der Waals surface area contributed by atoms with Gasteiger partial charge in [0.05, 0.1) is 5.69 Å². The molecule has 3 heterocycles. The molecule has 4 rings (SSSR count). The van der Waals surface area contributed by atoms with Crippen LogP contribution in [0.3, 0.4) is 0 Å². The predicted octanol–water partition coefficient (Wildman–Crippen LogP) is 5.85. The Morgan fingerprint density at radius 3 is 2.80 bits per heavy atom. The molecule has 3 aromatic rings. The normalized spacial score (nSPS) is 15.4. The van der Waals surface area contributed by atoms with Crippen molar-refractivity contribution in [2.24, 2.45) is 0 Å². The topological polar surface area (TPSA) is 50.7 Å². The molecule has 0 atom stereocenters. The lowest BCUT2D eigenvalue weighted by Crippen LogP contribution is -2.22. The second kappa shape index (κ2) is 7.26. The van der Waals surface area contributed by atoms with Crippen LogP contribution in [0.25, 0.3) is 22.0 Å². The first-order chi connectivity index (χ1) is 12.2. The van der Waals surface area contributed by atoms with Gasteiger partial charge in [0, 0.05) is 45.4 Å². The molecule has 0 radical (unpaired) electrons. The molecular weight excluding hydrogens is 400 g/mol. The van der Waals surface area contributed by atoms with Crippen LogP contribution in [0, 0.1) is 0 Å². The molecule has 0 saturated heterocycles. The SMILES string of the molecule is Clc1nc(-c2cc(NC3CCCCC3)ncc2Br)cc2cnccc12. The van der Waals surface area contributed by atoms with Gasteiger partial charge in [-0.25, -0.2) is 9.97 Å². The Morgan fingerprint density at radius 1 is 1.12 bits per heavy atom. The van der Waals surface area contributed by atoms with Crippen LogP contribution in [0.5, 0.6) is 0 Å². The number of pyridine rings is 3. The largest absolute Gasteiger partial charge is 0.367 e. The molecule has 0 aliphatic heterocycles. The lowest BCUT2D eigenvalue weighted by atomic mass is 9.95. The summed E-state index contributed by atoms with van der Waals surface area (Å²) in [5.41, 5.74) is 1.78. The molecule has 0 amide bonds. The van der Waals surface area contributed by atoms with Crippen molar-refractivity contribution in [3.05, 3.63) is 46.4 Å².